The molecule has 0 bridgehead atoms. The van der Waals surface area contributed by atoms with Crippen LogP contribution in [0, 0.1) is 11.6 Å². The van der Waals surface area contributed by atoms with Gasteiger partial charge in [-0.2, -0.15) is 0 Å². The molecule has 142 valence electrons. The van der Waals surface area contributed by atoms with Gasteiger partial charge in [0.1, 0.15) is 11.6 Å². The van der Waals surface area contributed by atoms with Crippen molar-refractivity contribution in [1.29, 1.82) is 0 Å². The number of piperidine rings is 1. The van der Waals surface area contributed by atoms with Crippen molar-refractivity contribution in [2.45, 2.75) is 38.7 Å². The van der Waals surface area contributed by atoms with Crippen LogP contribution in [0.15, 0.2) is 23.2 Å². The zero-order valence-corrected chi connectivity index (χ0v) is 17.4. The van der Waals surface area contributed by atoms with E-state index in [-0.39, 0.29) is 29.9 Å². The van der Waals surface area contributed by atoms with Gasteiger partial charge in [0.2, 0.25) is 0 Å². The van der Waals surface area contributed by atoms with Crippen molar-refractivity contribution in [2.24, 2.45) is 4.99 Å². The Morgan fingerprint density at radius 2 is 2.04 bits per heavy atom. The number of likely N-dealkylation sites (tertiary alicyclic amines) is 1. The number of hydrogen-bond donors (Lipinski definition) is 1. The summed E-state index contributed by atoms with van der Waals surface area (Å²) in [7, 11) is 1.75. The molecule has 0 spiro atoms. The standard InChI is InChI=1S/C18H27F2N3O.HI/c1-4-24-15-7-9-23(10-8-15)18(21-3)22-12-13(2)16-6-5-14(19)11-17(16)20;/h5-6,11,13,15H,4,7-10,12H2,1-3H3,(H,21,22);1H. The number of nitrogens with zero attached hydrogens (tertiary/aromatic N) is 2. The van der Waals surface area contributed by atoms with E-state index in [2.05, 4.69) is 15.2 Å². The summed E-state index contributed by atoms with van der Waals surface area (Å²) in [4.78, 5) is 6.52. The van der Waals surface area contributed by atoms with E-state index in [1.54, 1.807) is 7.05 Å². The van der Waals surface area contributed by atoms with Crippen molar-refractivity contribution < 1.29 is 13.5 Å². The molecule has 1 saturated heterocycles. The van der Waals surface area contributed by atoms with Gasteiger partial charge in [-0.1, -0.05) is 13.0 Å². The van der Waals surface area contributed by atoms with Gasteiger partial charge >= 0.3 is 0 Å². The molecule has 7 heteroatoms. The Morgan fingerprint density at radius 1 is 1.36 bits per heavy atom. The van der Waals surface area contributed by atoms with Crippen molar-refractivity contribution in [2.75, 3.05) is 33.3 Å². The highest BCUT2D eigenvalue weighted by Gasteiger charge is 2.22. The van der Waals surface area contributed by atoms with Gasteiger partial charge in [0, 0.05) is 45.3 Å². The Bertz CT molecular complexity index is 563. The first-order valence-corrected chi connectivity index (χ1v) is 8.57. The highest BCUT2D eigenvalue weighted by Crippen LogP contribution is 2.19. The number of nitrogens with one attached hydrogen (secondary N) is 1. The second-order valence-corrected chi connectivity index (χ2v) is 6.14. The third-order valence-electron chi connectivity index (χ3n) is 4.42. The lowest BCUT2D eigenvalue weighted by Gasteiger charge is -2.34. The summed E-state index contributed by atoms with van der Waals surface area (Å²) in [5.41, 5.74) is 0.509. The predicted molar refractivity (Wildman–Crippen MR) is 108 cm³/mol. The number of ether oxygens (including phenoxy) is 1. The molecule has 1 aliphatic heterocycles. The van der Waals surface area contributed by atoms with Crippen LogP contribution in [-0.4, -0.2) is 50.3 Å². The molecule has 1 unspecified atom stereocenters. The van der Waals surface area contributed by atoms with E-state index in [0.717, 1.165) is 44.6 Å². The second-order valence-electron chi connectivity index (χ2n) is 6.14. The zero-order chi connectivity index (χ0) is 17.5. The topological polar surface area (TPSA) is 36.9 Å². The van der Waals surface area contributed by atoms with Crippen LogP contribution in [0.5, 0.6) is 0 Å². The van der Waals surface area contributed by atoms with Crippen molar-refractivity contribution in [3.05, 3.63) is 35.4 Å². The highest BCUT2D eigenvalue weighted by atomic mass is 127. The van der Waals surface area contributed by atoms with E-state index in [9.17, 15) is 8.78 Å². The fraction of sp³-hybridized carbons (Fsp3) is 0.611. The smallest absolute Gasteiger partial charge is 0.193 e. The average molecular weight is 467 g/mol. The number of benzene rings is 1. The molecular weight excluding hydrogens is 439 g/mol. The molecule has 1 heterocycles. The molecule has 2 rings (SSSR count). The molecular formula is C18H28F2IN3O. The van der Waals surface area contributed by atoms with E-state index in [0.29, 0.717) is 18.2 Å². The lowest BCUT2D eigenvalue weighted by Crippen LogP contribution is -2.47. The molecule has 1 aliphatic rings. The fourth-order valence-electron chi connectivity index (χ4n) is 3.06. The molecule has 1 atom stereocenters. The van der Waals surface area contributed by atoms with Crippen LogP contribution in [-0.2, 0) is 4.74 Å². The monoisotopic (exact) mass is 467 g/mol. The van der Waals surface area contributed by atoms with E-state index in [1.165, 1.54) is 12.1 Å². The van der Waals surface area contributed by atoms with Crippen LogP contribution in [0.25, 0.3) is 0 Å². The Balaban J connectivity index is 0.00000312. The molecule has 0 radical (unpaired) electrons. The summed E-state index contributed by atoms with van der Waals surface area (Å²) in [6.07, 6.45) is 2.30. The Morgan fingerprint density at radius 3 is 2.60 bits per heavy atom. The number of hydrogen-bond acceptors (Lipinski definition) is 2. The maximum atomic E-state index is 13.9. The summed E-state index contributed by atoms with van der Waals surface area (Å²) < 4.78 is 32.5. The largest absolute Gasteiger partial charge is 0.378 e. The zero-order valence-electron chi connectivity index (χ0n) is 15.1. The first-order chi connectivity index (χ1) is 11.5. The third kappa shape index (κ3) is 6.36. The third-order valence-corrected chi connectivity index (χ3v) is 4.42. The summed E-state index contributed by atoms with van der Waals surface area (Å²) >= 11 is 0. The molecule has 25 heavy (non-hydrogen) atoms. The van der Waals surface area contributed by atoms with Gasteiger partial charge in [-0.15, -0.1) is 24.0 Å². The molecule has 1 aromatic rings. The fourth-order valence-corrected chi connectivity index (χ4v) is 3.06. The number of guanidine groups is 1. The maximum Gasteiger partial charge on any atom is 0.193 e. The van der Waals surface area contributed by atoms with Gasteiger partial charge in [0.25, 0.3) is 0 Å². The van der Waals surface area contributed by atoms with Crippen LogP contribution < -0.4 is 5.32 Å². The molecule has 4 nitrogen and oxygen atoms in total. The minimum Gasteiger partial charge on any atom is -0.378 e. The van der Waals surface area contributed by atoms with Gasteiger partial charge in [-0.25, -0.2) is 8.78 Å². The average Bonchev–Trinajstić information content (AvgIpc) is 2.57. The Hall–Kier alpha value is -0.960. The first-order valence-electron chi connectivity index (χ1n) is 8.57. The van der Waals surface area contributed by atoms with Gasteiger partial charge in [0.15, 0.2) is 5.96 Å². The number of rotatable bonds is 5. The lowest BCUT2D eigenvalue weighted by atomic mass is 10.0. The second kappa shape index (κ2) is 10.9. The first kappa shape index (κ1) is 22.1. The summed E-state index contributed by atoms with van der Waals surface area (Å²) in [6.45, 7) is 7.01. The number of aliphatic imine (C=N–C) groups is 1. The van der Waals surface area contributed by atoms with Crippen LogP contribution in [0.3, 0.4) is 0 Å². The predicted octanol–water partition coefficient (Wildman–Crippen LogP) is 3.76. The normalized spacial score (nSPS) is 17.2. The SMILES string of the molecule is CCOC1CCN(C(=NC)NCC(C)c2ccc(F)cc2F)CC1.I. The highest BCUT2D eigenvalue weighted by molar-refractivity contribution is 14.0. The van der Waals surface area contributed by atoms with Gasteiger partial charge < -0.3 is 15.0 Å². The minimum atomic E-state index is -0.551. The molecule has 1 N–H and O–H groups in total. The van der Waals surface area contributed by atoms with Crippen LogP contribution >= 0.6 is 24.0 Å². The van der Waals surface area contributed by atoms with Crippen molar-refractivity contribution >= 4 is 29.9 Å². The van der Waals surface area contributed by atoms with Gasteiger partial charge in [-0.3, -0.25) is 4.99 Å². The number of halogens is 3. The Labute approximate surface area is 166 Å². The lowest BCUT2D eigenvalue weighted by molar-refractivity contribution is 0.0264. The summed E-state index contributed by atoms with van der Waals surface area (Å²) in [6, 6.07) is 3.73. The summed E-state index contributed by atoms with van der Waals surface area (Å²) in [5, 5.41) is 3.30. The molecule has 1 aromatic carbocycles. The van der Waals surface area contributed by atoms with E-state index in [1.807, 2.05) is 13.8 Å². The molecule has 0 saturated carbocycles. The van der Waals surface area contributed by atoms with Crippen LogP contribution in [0.4, 0.5) is 8.78 Å². The van der Waals surface area contributed by atoms with Crippen LogP contribution in [0.1, 0.15) is 38.2 Å². The van der Waals surface area contributed by atoms with Crippen molar-refractivity contribution in [3.63, 3.8) is 0 Å². The quantitative estimate of drug-likeness (QED) is 0.407. The molecule has 0 amide bonds. The molecule has 0 aromatic heterocycles. The minimum absolute atomic E-state index is 0. The van der Waals surface area contributed by atoms with Gasteiger partial charge in [0.05, 0.1) is 6.10 Å². The van der Waals surface area contributed by atoms with E-state index < -0.39 is 11.6 Å². The van der Waals surface area contributed by atoms with E-state index in [4.69, 9.17) is 4.74 Å². The van der Waals surface area contributed by atoms with Crippen LogP contribution in [0.2, 0.25) is 0 Å². The maximum absolute atomic E-state index is 13.9. The molecule has 1 fully saturated rings. The summed E-state index contributed by atoms with van der Waals surface area (Å²) in [5.74, 6) is -0.316. The Kier molecular flexibility index (Phi) is 9.63. The van der Waals surface area contributed by atoms with E-state index >= 15 is 0 Å². The van der Waals surface area contributed by atoms with Crippen molar-refractivity contribution in [3.8, 4) is 0 Å². The van der Waals surface area contributed by atoms with Gasteiger partial charge in [-0.05, 0) is 31.4 Å². The van der Waals surface area contributed by atoms with Crippen molar-refractivity contribution in [1.82, 2.24) is 10.2 Å². The molecule has 0 aliphatic carbocycles.